The Morgan fingerprint density at radius 1 is 1.05 bits per heavy atom. The zero-order valence-corrected chi connectivity index (χ0v) is 12.2. The molecule has 0 aromatic heterocycles. The third kappa shape index (κ3) is 3.32. The normalized spacial score (nSPS) is 20.8. The average Bonchev–Trinajstić information content (AvgIpc) is 2.48. The van der Waals surface area contributed by atoms with E-state index in [-0.39, 0.29) is 0 Å². The van der Waals surface area contributed by atoms with Gasteiger partial charge in [0.2, 0.25) is 0 Å². The molecule has 2 aliphatic heterocycles. The molecule has 0 amide bonds. The van der Waals surface area contributed by atoms with E-state index in [2.05, 4.69) is 21.9 Å². The number of anilines is 1. The van der Waals surface area contributed by atoms with Crippen molar-refractivity contribution < 1.29 is 4.74 Å². The Bertz CT molecular complexity index is 443. The summed E-state index contributed by atoms with van der Waals surface area (Å²) in [6.07, 6.45) is 2.34. The van der Waals surface area contributed by atoms with Crippen molar-refractivity contribution in [3.63, 3.8) is 0 Å². The molecule has 0 radical (unpaired) electrons. The topological polar surface area (TPSA) is 41.7 Å². The molecule has 20 heavy (non-hydrogen) atoms. The van der Waals surface area contributed by atoms with Crippen LogP contribution in [0.1, 0.15) is 17.5 Å². The van der Waals surface area contributed by atoms with Crippen molar-refractivity contribution in [1.82, 2.24) is 9.80 Å². The summed E-state index contributed by atoms with van der Waals surface area (Å²) in [7, 11) is 0. The van der Waals surface area contributed by atoms with Crippen molar-refractivity contribution in [2.75, 3.05) is 51.7 Å². The number of fused-ring (bicyclic) bond motifs is 1. The Labute approximate surface area is 121 Å². The lowest BCUT2D eigenvalue weighted by molar-refractivity contribution is 0.0359. The SMILES string of the molecule is Nc1cccc2c1CCN(CCCN1CCOCC1)C2. The summed E-state index contributed by atoms with van der Waals surface area (Å²) < 4.78 is 5.38. The van der Waals surface area contributed by atoms with Crippen LogP contribution in [0.15, 0.2) is 18.2 Å². The summed E-state index contributed by atoms with van der Waals surface area (Å²) in [4.78, 5) is 5.07. The van der Waals surface area contributed by atoms with Crippen molar-refractivity contribution in [1.29, 1.82) is 0 Å². The minimum atomic E-state index is 0.899. The summed E-state index contributed by atoms with van der Waals surface area (Å²) in [5, 5.41) is 0. The summed E-state index contributed by atoms with van der Waals surface area (Å²) >= 11 is 0. The molecule has 110 valence electrons. The van der Waals surface area contributed by atoms with Crippen LogP contribution in [0.4, 0.5) is 5.69 Å². The smallest absolute Gasteiger partial charge is 0.0594 e. The minimum Gasteiger partial charge on any atom is -0.398 e. The fourth-order valence-electron chi connectivity index (χ4n) is 3.23. The van der Waals surface area contributed by atoms with Crippen molar-refractivity contribution >= 4 is 5.69 Å². The van der Waals surface area contributed by atoms with Crippen molar-refractivity contribution in [3.8, 4) is 0 Å². The van der Waals surface area contributed by atoms with Gasteiger partial charge in [-0.05, 0) is 43.1 Å². The second kappa shape index (κ2) is 6.57. The number of benzene rings is 1. The second-order valence-corrected chi connectivity index (χ2v) is 5.82. The Morgan fingerprint density at radius 2 is 1.85 bits per heavy atom. The molecule has 0 atom stereocenters. The molecule has 0 saturated carbocycles. The Morgan fingerprint density at radius 3 is 2.70 bits per heavy atom. The van der Waals surface area contributed by atoms with Gasteiger partial charge < -0.3 is 10.5 Å². The third-order valence-electron chi connectivity index (χ3n) is 4.43. The molecule has 0 spiro atoms. The van der Waals surface area contributed by atoms with Crippen LogP contribution in [0.5, 0.6) is 0 Å². The Kier molecular flexibility index (Phi) is 4.55. The van der Waals surface area contributed by atoms with Gasteiger partial charge in [-0.25, -0.2) is 0 Å². The lowest BCUT2D eigenvalue weighted by Crippen LogP contribution is -2.39. The number of nitrogens with zero attached hydrogens (tertiary/aromatic N) is 2. The van der Waals surface area contributed by atoms with Crippen LogP contribution in [0.2, 0.25) is 0 Å². The van der Waals surface area contributed by atoms with Gasteiger partial charge in [0.05, 0.1) is 13.2 Å². The van der Waals surface area contributed by atoms with E-state index >= 15 is 0 Å². The highest BCUT2D eigenvalue weighted by molar-refractivity contribution is 5.51. The van der Waals surface area contributed by atoms with Gasteiger partial charge in [-0.15, -0.1) is 0 Å². The lowest BCUT2D eigenvalue weighted by Gasteiger charge is -2.31. The minimum absolute atomic E-state index is 0.899. The predicted molar refractivity (Wildman–Crippen MR) is 81.7 cm³/mol. The van der Waals surface area contributed by atoms with E-state index in [1.165, 1.54) is 30.6 Å². The van der Waals surface area contributed by atoms with E-state index < -0.39 is 0 Å². The summed E-state index contributed by atoms with van der Waals surface area (Å²) in [5.41, 5.74) is 9.81. The monoisotopic (exact) mass is 275 g/mol. The van der Waals surface area contributed by atoms with E-state index in [1.807, 2.05) is 6.07 Å². The van der Waals surface area contributed by atoms with Gasteiger partial charge in [0.1, 0.15) is 0 Å². The fraction of sp³-hybridized carbons (Fsp3) is 0.625. The Balaban J connectivity index is 1.46. The van der Waals surface area contributed by atoms with Crippen LogP contribution in [0, 0.1) is 0 Å². The van der Waals surface area contributed by atoms with Crippen molar-refractivity contribution in [2.45, 2.75) is 19.4 Å². The lowest BCUT2D eigenvalue weighted by atomic mass is 9.98. The fourth-order valence-corrected chi connectivity index (χ4v) is 3.23. The molecule has 2 aliphatic rings. The number of ether oxygens (including phenoxy) is 1. The van der Waals surface area contributed by atoms with Crippen LogP contribution >= 0.6 is 0 Å². The first kappa shape index (κ1) is 13.9. The van der Waals surface area contributed by atoms with Gasteiger partial charge in [-0.1, -0.05) is 12.1 Å². The maximum atomic E-state index is 6.05. The average molecular weight is 275 g/mol. The number of nitrogens with two attached hydrogens (primary N) is 1. The third-order valence-corrected chi connectivity index (χ3v) is 4.43. The number of morpholine rings is 1. The van der Waals surface area contributed by atoms with Gasteiger partial charge in [-0.2, -0.15) is 0 Å². The standard InChI is InChI=1S/C16H25N3O/c17-16-4-1-3-14-13-19(8-5-15(14)16)7-2-6-18-9-11-20-12-10-18/h1,3-4H,2,5-13,17H2. The highest BCUT2D eigenvalue weighted by atomic mass is 16.5. The quantitative estimate of drug-likeness (QED) is 0.842. The molecule has 1 fully saturated rings. The maximum absolute atomic E-state index is 6.05. The highest BCUT2D eigenvalue weighted by Crippen LogP contribution is 2.23. The molecule has 1 aromatic rings. The number of rotatable bonds is 4. The van der Waals surface area contributed by atoms with Crippen molar-refractivity contribution in [3.05, 3.63) is 29.3 Å². The molecule has 4 heteroatoms. The first-order chi connectivity index (χ1) is 9.83. The Hall–Kier alpha value is -1.10. The highest BCUT2D eigenvalue weighted by Gasteiger charge is 2.18. The molecule has 3 rings (SSSR count). The summed E-state index contributed by atoms with van der Waals surface area (Å²) in [6, 6.07) is 6.32. The zero-order valence-electron chi connectivity index (χ0n) is 12.2. The molecule has 0 aliphatic carbocycles. The molecule has 0 bridgehead atoms. The largest absolute Gasteiger partial charge is 0.398 e. The first-order valence-electron chi connectivity index (χ1n) is 7.71. The molecule has 0 unspecified atom stereocenters. The van der Waals surface area contributed by atoms with Gasteiger partial charge in [0, 0.05) is 31.9 Å². The predicted octanol–water partition coefficient (Wildman–Crippen LogP) is 1.35. The second-order valence-electron chi connectivity index (χ2n) is 5.82. The first-order valence-corrected chi connectivity index (χ1v) is 7.71. The molecular formula is C16H25N3O. The van der Waals surface area contributed by atoms with Gasteiger partial charge >= 0.3 is 0 Å². The summed E-state index contributed by atoms with van der Waals surface area (Å²) in [5.74, 6) is 0. The molecule has 1 aromatic carbocycles. The van der Waals surface area contributed by atoms with Gasteiger partial charge in [-0.3, -0.25) is 9.80 Å². The van der Waals surface area contributed by atoms with Crippen molar-refractivity contribution in [2.24, 2.45) is 0 Å². The molecular weight excluding hydrogens is 250 g/mol. The van der Waals surface area contributed by atoms with E-state index in [4.69, 9.17) is 10.5 Å². The van der Waals surface area contributed by atoms with Gasteiger partial charge in [0.25, 0.3) is 0 Å². The van der Waals surface area contributed by atoms with Crippen LogP contribution in [0.3, 0.4) is 0 Å². The zero-order chi connectivity index (χ0) is 13.8. The van der Waals surface area contributed by atoms with Gasteiger partial charge in [0.15, 0.2) is 0 Å². The van der Waals surface area contributed by atoms with Crippen LogP contribution < -0.4 is 5.73 Å². The van der Waals surface area contributed by atoms with Crippen LogP contribution in [-0.2, 0) is 17.7 Å². The van der Waals surface area contributed by atoms with E-state index in [9.17, 15) is 0 Å². The maximum Gasteiger partial charge on any atom is 0.0594 e. The molecule has 2 heterocycles. The van der Waals surface area contributed by atoms with E-state index in [0.717, 1.165) is 51.5 Å². The molecule has 2 N–H and O–H groups in total. The number of hydrogen-bond donors (Lipinski definition) is 1. The van der Waals surface area contributed by atoms with E-state index in [1.54, 1.807) is 0 Å². The van der Waals surface area contributed by atoms with Crippen LogP contribution in [0.25, 0.3) is 0 Å². The van der Waals surface area contributed by atoms with E-state index in [0.29, 0.717) is 0 Å². The summed E-state index contributed by atoms with van der Waals surface area (Å²) in [6.45, 7) is 8.58. The number of nitrogen functional groups attached to an aromatic ring is 1. The molecule has 1 saturated heterocycles. The number of hydrogen-bond acceptors (Lipinski definition) is 4. The molecule has 4 nitrogen and oxygen atoms in total. The van der Waals surface area contributed by atoms with Crippen LogP contribution in [-0.4, -0.2) is 55.7 Å².